The zero-order valence-corrected chi connectivity index (χ0v) is 15.5. The third-order valence-corrected chi connectivity index (χ3v) is 3.64. The van der Waals surface area contributed by atoms with Crippen LogP contribution in [-0.2, 0) is 11.3 Å². The van der Waals surface area contributed by atoms with Gasteiger partial charge in [0.1, 0.15) is 11.4 Å². The van der Waals surface area contributed by atoms with Crippen LogP contribution in [0.3, 0.4) is 0 Å². The fourth-order valence-electron chi connectivity index (χ4n) is 2.38. The first kappa shape index (κ1) is 18.6. The van der Waals surface area contributed by atoms with Crippen LogP contribution in [0.15, 0.2) is 42.5 Å². The summed E-state index contributed by atoms with van der Waals surface area (Å²) in [5.74, 6) is 0.687. The van der Waals surface area contributed by atoms with Gasteiger partial charge < -0.3 is 15.2 Å². The van der Waals surface area contributed by atoms with Gasteiger partial charge in [-0.15, -0.1) is 0 Å². The molecule has 0 saturated carbocycles. The van der Waals surface area contributed by atoms with E-state index in [4.69, 9.17) is 15.2 Å². The van der Waals surface area contributed by atoms with Crippen LogP contribution in [0.2, 0.25) is 0 Å². The normalized spacial score (nSPS) is 11.1. The first-order chi connectivity index (χ1) is 11.7. The molecule has 0 unspecified atom stereocenters. The largest absolute Gasteiger partial charge is 0.497 e. The van der Waals surface area contributed by atoms with Crippen molar-refractivity contribution in [1.29, 1.82) is 0 Å². The summed E-state index contributed by atoms with van der Waals surface area (Å²) in [6.07, 6.45) is -0.402. The Morgan fingerprint density at radius 1 is 1.12 bits per heavy atom. The molecule has 2 rings (SSSR count). The van der Waals surface area contributed by atoms with Gasteiger partial charge in [0.15, 0.2) is 0 Å². The minimum atomic E-state index is -0.580. The van der Waals surface area contributed by atoms with Gasteiger partial charge in [-0.2, -0.15) is 0 Å². The van der Waals surface area contributed by atoms with Crippen molar-refractivity contribution in [2.75, 3.05) is 17.7 Å². The molecule has 0 fully saturated rings. The van der Waals surface area contributed by atoms with Crippen molar-refractivity contribution >= 4 is 17.5 Å². The molecule has 134 valence electrons. The third-order valence-electron chi connectivity index (χ3n) is 3.64. The van der Waals surface area contributed by atoms with Gasteiger partial charge >= 0.3 is 6.09 Å². The minimum Gasteiger partial charge on any atom is -0.497 e. The number of benzene rings is 2. The fourth-order valence-corrected chi connectivity index (χ4v) is 2.38. The number of ether oxygens (including phenoxy) is 2. The predicted molar refractivity (Wildman–Crippen MR) is 101 cm³/mol. The van der Waals surface area contributed by atoms with Crippen molar-refractivity contribution in [3.63, 3.8) is 0 Å². The fraction of sp³-hybridized carbons (Fsp3) is 0.350. The lowest BCUT2D eigenvalue weighted by Crippen LogP contribution is -2.36. The van der Waals surface area contributed by atoms with Gasteiger partial charge in [0.2, 0.25) is 0 Å². The van der Waals surface area contributed by atoms with Gasteiger partial charge in [0.05, 0.1) is 19.3 Å². The maximum absolute atomic E-state index is 12.8. The highest BCUT2D eigenvalue weighted by Gasteiger charge is 2.25. The summed E-state index contributed by atoms with van der Waals surface area (Å²) in [6.45, 7) is 7.89. The molecule has 0 saturated heterocycles. The molecule has 5 heteroatoms. The Hall–Kier alpha value is -2.69. The number of carbonyl (C=O) groups excluding carboxylic acids is 1. The second kappa shape index (κ2) is 7.47. The zero-order valence-electron chi connectivity index (χ0n) is 15.5. The molecule has 0 radical (unpaired) electrons. The number of nitrogens with zero attached hydrogens (tertiary/aromatic N) is 1. The molecule has 5 nitrogen and oxygen atoms in total. The number of hydrogen-bond donors (Lipinski definition) is 1. The first-order valence-corrected chi connectivity index (χ1v) is 8.19. The van der Waals surface area contributed by atoms with E-state index in [1.165, 1.54) is 0 Å². The number of aryl methyl sites for hydroxylation is 1. The maximum Gasteiger partial charge on any atom is 0.415 e. The van der Waals surface area contributed by atoms with E-state index in [-0.39, 0.29) is 0 Å². The Labute approximate surface area is 149 Å². The molecule has 2 aromatic carbocycles. The summed E-state index contributed by atoms with van der Waals surface area (Å²) in [5, 5.41) is 0. The van der Waals surface area contributed by atoms with Crippen LogP contribution in [0.1, 0.15) is 31.9 Å². The standard InChI is InChI=1S/C20H26N2O3/c1-14-6-11-17(24-5)12-18(14)22(19(23)25-20(2,3)4)13-15-7-9-16(21)10-8-15/h6-12H,13,21H2,1-5H3. The monoisotopic (exact) mass is 342 g/mol. The van der Waals surface area contributed by atoms with Crippen molar-refractivity contribution in [2.24, 2.45) is 0 Å². The Bertz CT molecular complexity index is 734. The van der Waals surface area contributed by atoms with E-state index >= 15 is 0 Å². The lowest BCUT2D eigenvalue weighted by molar-refractivity contribution is 0.0577. The number of nitrogens with two attached hydrogens (primary N) is 1. The number of rotatable bonds is 4. The minimum absolute atomic E-state index is 0.378. The van der Waals surface area contributed by atoms with Crippen LogP contribution < -0.4 is 15.4 Å². The quantitative estimate of drug-likeness (QED) is 0.829. The maximum atomic E-state index is 12.8. The third kappa shape index (κ3) is 5.14. The van der Waals surface area contributed by atoms with E-state index in [1.807, 2.05) is 70.2 Å². The highest BCUT2D eigenvalue weighted by atomic mass is 16.6. The van der Waals surface area contributed by atoms with Crippen LogP contribution in [0.25, 0.3) is 0 Å². The number of nitrogen functional groups attached to an aromatic ring is 1. The van der Waals surface area contributed by atoms with Crippen molar-refractivity contribution < 1.29 is 14.3 Å². The van der Waals surface area contributed by atoms with Gasteiger partial charge in [-0.25, -0.2) is 4.79 Å². The summed E-state index contributed by atoms with van der Waals surface area (Å²) in [4.78, 5) is 14.4. The lowest BCUT2D eigenvalue weighted by Gasteiger charge is -2.29. The summed E-state index contributed by atoms with van der Waals surface area (Å²) >= 11 is 0. The molecule has 0 heterocycles. The molecule has 0 aliphatic rings. The Balaban J connectivity index is 2.41. The molecule has 2 aromatic rings. The van der Waals surface area contributed by atoms with Crippen LogP contribution in [-0.4, -0.2) is 18.8 Å². The molecule has 0 aromatic heterocycles. The first-order valence-electron chi connectivity index (χ1n) is 8.19. The number of anilines is 2. The summed E-state index contributed by atoms with van der Waals surface area (Å²) in [6, 6.07) is 13.1. The summed E-state index contributed by atoms with van der Waals surface area (Å²) < 4.78 is 10.9. The van der Waals surface area contributed by atoms with E-state index in [1.54, 1.807) is 12.0 Å². The second-order valence-corrected chi connectivity index (χ2v) is 6.96. The number of amides is 1. The Morgan fingerprint density at radius 3 is 2.32 bits per heavy atom. The average Bonchev–Trinajstić information content (AvgIpc) is 2.53. The molecule has 0 aliphatic carbocycles. The topological polar surface area (TPSA) is 64.8 Å². The Kier molecular flexibility index (Phi) is 5.57. The van der Waals surface area contributed by atoms with Crippen molar-refractivity contribution in [2.45, 2.75) is 39.8 Å². The van der Waals surface area contributed by atoms with E-state index in [9.17, 15) is 4.79 Å². The molecule has 0 bridgehead atoms. The highest BCUT2D eigenvalue weighted by Crippen LogP contribution is 2.28. The molecule has 0 atom stereocenters. The van der Waals surface area contributed by atoms with Crippen LogP contribution in [0.5, 0.6) is 5.75 Å². The average molecular weight is 342 g/mol. The molecule has 25 heavy (non-hydrogen) atoms. The van der Waals surface area contributed by atoms with Crippen molar-refractivity contribution in [3.8, 4) is 5.75 Å². The van der Waals surface area contributed by atoms with E-state index < -0.39 is 11.7 Å². The lowest BCUT2D eigenvalue weighted by atomic mass is 10.1. The molecule has 2 N–H and O–H groups in total. The Morgan fingerprint density at radius 2 is 1.76 bits per heavy atom. The van der Waals surface area contributed by atoms with Gasteiger partial charge in [0.25, 0.3) is 0 Å². The van der Waals surface area contributed by atoms with E-state index in [0.29, 0.717) is 18.0 Å². The predicted octanol–water partition coefficient (Wildman–Crippen LogP) is 4.53. The number of hydrogen-bond acceptors (Lipinski definition) is 4. The second-order valence-electron chi connectivity index (χ2n) is 6.96. The van der Waals surface area contributed by atoms with E-state index in [0.717, 1.165) is 16.8 Å². The van der Waals surface area contributed by atoms with Gasteiger partial charge in [-0.05, 0) is 57.0 Å². The smallest absolute Gasteiger partial charge is 0.415 e. The van der Waals surface area contributed by atoms with Crippen LogP contribution >= 0.6 is 0 Å². The molecular formula is C20H26N2O3. The number of methoxy groups -OCH3 is 1. The molecule has 0 aliphatic heterocycles. The molecule has 0 spiro atoms. The van der Waals surface area contributed by atoms with Crippen LogP contribution in [0, 0.1) is 6.92 Å². The van der Waals surface area contributed by atoms with Crippen molar-refractivity contribution in [3.05, 3.63) is 53.6 Å². The molecular weight excluding hydrogens is 316 g/mol. The summed E-state index contributed by atoms with van der Waals surface area (Å²) in [5.41, 5.74) is 8.53. The number of carbonyl (C=O) groups is 1. The SMILES string of the molecule is COc1ccc(C)c(N(Cc2ccc(N)cc2)C(=O)OC(C)(C)C)c1. The highest BCUT2D eigenvalue weighted by molar-refractivity contribution is 5.89. The van der Waals surface area contributed by atoms with Crippen LogP contribution in [0.4, 0.5) is 16.2 Å². The zero-order chi connectivity index (χ0) is 18.6. The summed E-state index contributed by atoms with van der Waals surface area (Å²) in [7, 11) is 1.60. The van der Waals surface area contributed by atoms with Gasteiger partial charge in [-0.1, -0.05) is 18.2 Å². The molecule has 1 amide bonds. The van der Waals surface area contributed by atoms with Gasteiger partial charge in [-0.3, -0.25) is 4.90 Å². The van der Waals surface area contributed by atoms with E-state index in [2.05, 4.69) is 0 Å². The van der Waals surface area contributed by atoms with Gasteiger partial charge in [0, 0.05) is 11.8 Å². The van der Waals surface area contributed by atoms with Crippen molar-refractivity contribution in [1.82, 2.24) is 0 Å².